The molecule has 0 fully saturated rings. The molecule has 0 amide bonds. The summed E-state index contributed by atoms with van der Waals surface area (Å²) in [6, 6.07) is 0. The van der Waals surface area contributed by atoms with Crippen molar-refractivity contribution in [3.8, 4) is 0 Å². The Morgan fingerprint density at radius 1 is 1.45 bits per heavy atom. The molecule has 1 aliphatic rings. The van der Waals surface area contributed by atoms with E-state index in [9.17, 15) is 4.79 Å². The number of allylic oxidation sites excluding steroid dienone is 1. The number of esters is 1. The van der Waals surface area contributed by atoms with Crippen LogP contribution in [-0.2, 0) is 16.0 Å². The first-order valence-corrected chi connectivity index (χ1v) is 7.97. The lowest BCUT2D eigenvalue weighted by Crippen LogP contribution is -2.30. The summed E-state index contributed by atoms with van der Waals surface area (Å²) in [6.07, 6.45) is 4.54. The summed E-state index contributed by atoms with van der Waals surface area (Å²) in [5, 5.41) is 3.94. The molecule has 0 aliphatic heterocycles. The van der Waals surface area contributed by atoms with Crippen LogP contribution in [0.3, 0.4) is 0 Å². The normalized spacial score (nSPS) is 22.1. The van der Waals surface area contributed by atoms with Crippen molar-refractivity contribution in [3.63, 3.8) is 0 Å². The SMILES string of the molecule is CC1=CC(OC(=O)C(C)Cc2c(C)noc2C)CC(C)(C)C1. The predicted molar refractivity (Wildman–Crippen MR) is 85.5 cm³/mol. The van der Waals surface area contributed by atoms with Crippen molar-refractivity contribution in [2.45, 2.75) is 66.9 Å². The fraction of sp³-hybridized carbons (Fsp3) is 0.667. The molecule has 1 heterocycles. The summed E-state index contributed by atoms with van der Waals surface area (Å²) in [4.78, 5) is 12.4. The Balaban J connectivity index is 1.99. The fourth-order valence-corrected chi connectivity index (χ4v) is 3.33. The first-order valence-electron chi connectivity index (χ1n) is 7.97. The van der Waals surface area contributed by atoms with Gasteiger partial charge in [-0.2, -0.15) is 0 Å². The van der Waals surface area contributed by atoms with Crippen LogP contribution in [0.5, 0.6) is 0 Å². The highest BCUT2D eigenvalue weighted by atomic mass is 16.5. The predicted octanol–water partition coefficient (Wildman–Crippen LogP) is 4.15. The number of ether oxygens (including phenoxy) is 1. The second-order valence-corrected chi connectivity index (χ2v) is 7.44. The molecule has 2 unspecified atom stereocenters. The highest BCUT2D eigenvalue weighted by Crippen LogP contribution is 2.36. The molecule has 0 aromatic carbocycles. The van der Waals surface area contributed by atoms with Crippen LogP contribution in [0.15, 0.2) is 16.2 Å². The third-order valence-corrected chi connectivity index (χ3v) is 4.34. The molecular weight excluding hydrogens is 278 g/mol. The maximum absolute atomic E-state index is 12.4. The Kier molecular flexibility index (Phi) is 4.78. The van der Waals surface area contributed by atoms with Crippen LogP contribution in [0.2, 0.25) is 0 Å². The van der Waals surface area contributed by atoms with E-state index in [1.807, 2.05) is 20.8 Å². The minimum absolute atomic E-state index is 0.108. The zero-order chi connectivity index (χ0) is 16.5. The lowest BCUT2D eigenvalue weighted by Gasteiger charge is -2.33. The highest BCUT2D eigenvalue weighted by molar-refractivity contribution is 5.72. The van der Waals surface area contributed by atoms with Gasteiger partial charge in [0.25, 0.3) is 0 Å². The van der Waals surface area contributed by atoms with Gasteiger partial charge in [-0.05, 0) is 51.5 Å². The Labute approximate surface area is 132 Å². The molecule has 0 radical (unpaired) electrons. The van der Waals surface area contributed by atoms with Gasteiger partial charge in [0, 0.05) is 5.56 Å². The molecule has 22 heavy (non-hydrogen) atoms. The van der Waals surface area contributed by atoms with E-state index in [1.54, 1.807) is 0 Å². The summed E-state index contributed by atoms with van der Waals surface area (Å²) < 4.78 is 10.9. The first kappa shape index (κ1) is 16.8. The maximum atomic E-state index is 12.4. The van der Waals surface area contributed by atoms with Crippen molar-refractivity contribution < 1.29 is 14.1 Å². The monoisotopic (exact) mass is 305 g/mol. The number of carbonyl (C=O) groups is 1. The van der Waals surface area contributed by atoms with Gasteiger partial charge in [0.15, 0.2) is 0 Å². The topological polar surface area (TPSA) is 52.3 Å². The van der Waals surface area contributed by atoms with Gasteiger partial charge >= 0.3 is 5.97 Å². The van der Waals surface area contributed by atoms with Crippen LogP contribution in [0.1, 0.15) is 57.6 Å². The van der Waals surface area contributed by atoms with Gasteiger partial charge in [0.2, 0.25) is 0 Å². The maximum Gasteiger partial charge on any atom is 0.309 e. The molecule has 1 aliphatic carbocycles. The highest BCUT2D eigenvalue weighted by Gasteiger charge is 2.30. The van der Waals surface area contributed by atoms with Crippen LogP contribution >= 0.6 is 0 Å². The summed E-state index contributed by atoms with van der Waals surface area (Å²) in [5.74, 6) is 0.439. The van der Waals surface area contributed by atoms with Crippen LogP contribution in [0.25, 0.3) is 0 Å². The van der Waals surface area contributed by atoms with Gasteiger partial charge in [-0.3, -0.25) is 4.79 Å². The van der Waals surface area contributed by atoms with Gasteiger partial charge in [-0.25, -0.2) is 0 Å². The van der Waals surface area contributed by atoms with Crippen molar-refractivity contribution in [1.29, 1.82) is 0 Å². The minimum atomic E-state index is -0.199. The molecule has 1 aromatic rings. The number of aromatic nitrogens is 1. The Hall–Kier alpha value is -1.58. The molecule has 4 heteroatoms. The van der Waals surface area contributed by atoms with Crippen LogP contribution < -0.4 is 0 Å². The quantitative estimate of drug-likeness (QED) is 0.619. The zero-order valence-corrected chi connectivity index (χ0v) is 14.5. The average Bonchev–Trinajstić information content (AvgIpc) is 2.67. The molecule has 0 bridgehead atoms. The average molecular weight is 305 g/mol. The third-order valence-electron chi connectivity index (χ3n) is 4.34. The standard InChI is InChI=1S/C18H27NO3/c1-11-7-15(10-18(5,6)9-11)21-17(20)12(2)8-16-13(3)19-22-14(16)4/h7,12,15H,8-10H2,1-6H3. The van der Waals surface area contributed by atoms with E-state index in [0.717, 1.165) is 29.9 Å². The van der Waals surface area contributed by atoms with Gasteiger partial charge in [0.05, 0.1) is 11.6 Å². The van der Waals surface area contributed by atoms with Gasteiger partial charge < -0.3 is 9.26 Å². The van der Waals surface area contributed by atoms with Crippen LogP contribution in [0, 0.1) is 25.2 Å². The number of carbonyl (C=O) groups excluding carboxylic acids is 1. The molecular formula is C18H27NO3. The second-order valence-electron chi connectivity index (χ2n) is 7.44. The Bertz CT molecular complexity index is 564. The Morgan fingerprint density at radius 2 is 2.14 bits per heavy atom. The van der Waals surface area contributed by atoms with E-state index < -0.39 is 0 Å². The lowest BCUT2D eigenvalue weighted by atomic mass is 9.76. The van der Waals surface area contributed by atoms with Gasteiger partial charge in [-0.1, -0.05) is 31.5 Å². The molecule has 0 saturated carbocycles. The van der Waals surface area contributed by atoms with E-state index in [1.165, 1.54) is 5.57 Å². The number of hydrogen-bond donors (Lipinski definition) is 0. The molecule has 1 aromatic heterocycles. The van der Waals surface area contributed by atoms with Crippen molar-refractivity contribution in [1.82, 2.24) is 5.16 Å². The van der Waals surface area contributed by atoms with E-state index in [0.29, 0.717) is 6.42 Å². The lowest BCUT2D eigenvalue weighted by molar-refractivity contribution is -0.152. The van der Waals surface area contributed by atoms with Crippen molar-refractivity contribution in [2.75, 3.05) is 0 Å². The molecule has 122 valence electrons. The molecule has 4 nitrogen and oxygen atoms in total. The molecule has 2 atom stereocenters. The number of rotatable bonds is 4. The van der Waals surface area contributed by atoms with E-state index in [2.05, 4.69) is 32.0 Å². The molecule has 0 N–H and O–H groups in total. The van der Waals surface area contributed by atoms with E-state index in [-0.39, 0.29) is 23.4 Å². The van der Waals surface area contributed by atoms with E-state index in [4.69, 9.17) is 9.26 Å². The zero-order valence-electron chi connectivity index (χ0n) is 14.5. The number of aryl methyl sites for hydroxylation is 2. The summed E-state index contributed by atoms with van der Waals surface area (Å²) >= 11 is 0. The van der Waals surface area contributed by atoms with Crippen molar-refractivity contribution in [2.24, 2.45) is 11.3 Å². The van der Waals surface area contributed by atoms with E-state index >= 15 is 0 Å². The second kappa shape index (κ2) is 6.27. The number of nitrogens with zero attached hydrogens (tertiary/aromatic N) is 1. The number of hydrogen-bond acceptors (Lipinski definition) is 4. The molecule has 2 rings (SSSR count). The molecule has 0 spiro atoms. The van der Waals surface area contributed by atoms with Crippen molar-refractivity contribution in [3.05, 3.63) is 28.7 Å². The first-order chi connectivity index (χ1) is 10.2. The van der Waals surface area contributed by atoms with Crippen molar-refractivity contribution >= 4 is 5.97 Å². The minimum Gasteiger partial charge on any atom is -0.458 e. The van der Waals surface area contributed by atoms with Crippen LogP contribution in [-0.4, -0.2) is 17.2 Å². The van der Waals surface area contributed by atoms with Crippen LogP contribution in [0.4, 0.5) is 0 Å². The smallest absolute Gasteiger partial charge is 0.309 e. The summed E-state index contributed by atoms with van der Waals surface area (Å²) in [5.41, 5.74) is 3.36. The largest absolute Gasteiger partial charge is 0.458 e. The summed E-state index contributed by atoms with van der Waals surface area (Å²) in [6.45, 7) is 12.2. The third kappa shape index (κ3) is 3.99. The van der Waals surface area contributed by atoms with Gasteiger partial charge in [-0.15, -0.1) is 0 Å². The van der Waals surface area contributed by atoms with Gasteiger partial charge in [0.1, 0.15) is 11.9 Å². The Morgan fingerprint density at radius 3 is 2.68 bits per heavy atom. The molecule has 0 saturated heterocycles. The summed E-state index contributed by atoms with van der Waals surface area (Å²) in [7, 11) is 0. The fourth-order valence-electron chi connectivity index (χ4n) is 3.33.